The Morgan fingerprint density at radius 2 is 2.24 bits per heavy atom. The SMILES string of the molecule is C=C[C@H]1[C@H]2[C@@H](C(C)C)CCC(=O)[C@@]21C(=O)OC. The van der Waals surface area contributed by atoms with Crippen LogP contribution in [0.4, 0.5) is 0 Å². The predicted octanol–water partition coefficient (Wildman–Crippen LogP) is 2.21. The number of ether oxygens (including phenoxy) is 1. The standard InChI is InChI=1S/C14H20O3/c1-5-10-12-9(8(2)3)6-7-11(15)14(10,12)13(16)17-4/h5,8-10,12H,1,6-7H2,2-4H3/t9-,10+,12-,14-/m1/s1. The minimum atomic E-state index is -0.885. The zero-order chi connectivity index (χ0) is 12.8. The Kier molecular flexibility index (Phi) is 2.88. The van der Waals surface area contributed by atoms with E-state index in [9.17, 15) is 9.59 Å². The number of allylic oxidation sites excluding steroid dienone is 1. The lowest BCUT2D eigenvalue weighted by atomic mass is 9.75. The van der Waals surface area contributed by atoms with E-state index in [1.807, 2.05) is 0 Å². The fourth-order valence-corrected chi connectivity index (χ4v) is 3.74. The monoisotopic (exact) mass is 236 g/mol. The molecule has 17 heavy (non-hydrogen) atoms. The highest BCUT2D eigenvalue weighted by Gasteiger charge is 2.76. The van der Waals surface area contributed by atoms with Crippen LogP contribution in [-0.2, 0) is 14.3 Å². The molecule has 0 aromatic heterocycles. The summed E-state index contributed by atoms with van der Waals surface area (Å²) in [5, 5.41) is 0. The number of Topliss-reactive ketones (excluding diaryl/α,β-unsaturated/α-hetero) is 1. The summed E-state index contributed by atoms with van der Waals surface area (Å²) >= 11 is 0. The number of fused-ring (bicyclic) bond motifs is 1. The highest BCUT2D eigenvalue weighted by Crippen LogP contribution is 2.68. The Bertz CT molecular complexity index is 362. The lowest BCUT2D eigenvalue weighted by molar-refractivity contribution is -0.154. The number of esters is 1. The second-order valence-electron chi connectivity index (χ2n) is 5.52. The third-order valence-corrected chi connectivity index (χ3v) is 4.59. The van der Waals surface area contributed by atoms with Gasteiger partial charge in [-0.3, -0.25) is 9.59 Å². The van der Waals surface area contributed by atoms with Crippen molar-refractivity contribution in [1.29, 1.82) is 0 Å². The van der Waals surface area contributed by atoms with Crippen LogP contribution < -0.4 is 0 Å². The first kappa shape index (κ1) is 12.3. The lowest BCUT2D eigenvalue weighted by Gasteiger charge is -2.28. The molecule has 4 atom stereocenters. The van der Waals surface area contributed by atoms with E-state index in [0.29, 0.717) is 18.3 Å². The van der Waals surface area contributed by atoms with Gasteiger partial charge in [0.05, 0.1) is 7.11 Å². The van der Waals surface area contributed by atoms with Crippen molar-refractivity contribution in [2.45, 2.75) is 26.7 Å². The summed E-state index contributed by atoms with van der Waals surface area (Å²) in [6, 6.07) is 0. The van der Waals surface area contributed by atoms with E-state index in [1.54, 1.807) is 6.08 Å². The molecule has 2 aliphatic rings. The largest absolute Gasteiger partial charge is 0.468 e. The summed E-state index contributed by atoms with van der Waals surface area (Å²) in [6.45, 7) is 8.08. The molecular weight excluding hydrogens is 216 g/mol. The van der Waals surface area contributed by atoms with Crippen LogP contribution in [0.1, 0.15) is 26.7 Å². The molecule has 0 radical (unpaired) electrons. The molecule has 0 N–H and O–H groups in total. The molecule has 0 aromatic carbocycles. The molecule has 2 fully saturated rings. The molecule has 2 rings (SSSR count). The third kappa shape index (κ3) is 1.41. The van der Waals surface area contributed by atoms with Crippen molar-refractivity contribution < 1.29 is 14.3 Å². The second kappa shape index (κ2) is 3.97. The quantitative estimate of drug-likeness (QED) is 0.428. The summed E-state index contributed by atoms with van der Waals surface area (Å²) in [5.41, 5.74) is -0.885. The number of methoxy groups -OCH3 is 1. The molecule has 0 saturated heterocycles. The second-order valence-corrected chi connectivity index (χ2v) is 5.52. The highest BCUT2D eigenvalue weighted by atomic mass is 16.5. The van der Waals surface area contributed by atoms with Crippen molar-refractivity contribution in [3.8, 4) is 0 Å². The van der Waals surface area contributed by atoms with Crippen LogP contribution in [0.2, 0.25) is 0 Å². The third-order valence-electron chi connectivity index (χ3n) is 4.59. The summed E-state index contributed by atoms with van der Waals surface area (Å²) in [6.07, 6.45) is 3.16. The van der Waals surface area contributed by atoms with Gasteiger partial charge < -0.3 is 4.74 Å². The Balaban J connectivity index is 2.38. The summed E-state index contributed by atoms with van der Waals surface area (Å²) in [7, 11) is 1.36. The maximum Gasteiger partial charge on any atom is 0.320 e. The van der Waals surface area contributed by atoms with Gasteiger partial charge in [0, 0.05) is 12.3 Å². The van der Waals surface area contributed by atoms with Gasteiger partial charge in [-0.1, -0.05) is 19.9 Å². The minimum absolute atomic E-state index is 0.0163. The van der Waals surface area contributed by atoms with Crippen LogP contribution in [0.25, 0.3) is 0 Å². The fraction of sp³-hybridized carbons (Fsp3) is 0.714. The summed E-state index contributed by atoms with van der Waals surface area (Å²) in [4.78, 5) is 24.1. The van der Waals surface area contributed by atoms with Gasteiger partial charge in [0.1, 0.15) is 5.41 Å². The molecule has 3 nitrogen and oxygen atoms in total. The van der Waals surface area contributed by atoms with E-state index in [4.69, 9.17) is 4.74 Å². The Labute approximate surface area is 102 Å². The maximum absolute atomic E-state index is 12.1. The smallest absolute Gasteiger partial charge is 0.320 e. The Morgan fingerprint density at radius 3 is 2.71 bits per heavy atom. The minimum Gasteiger partial charge on any atom is -0.468 e. The van der Waals surface area contributed by atoms with E-state index in [0.717, 1.165) is 6.42 Å². The highest BCUT2D eigenvalue weighted by molar-refractivity contribution is 6.09. The number of carbonyl (C=O) groups excluding carboxylic acids is 2. The fourth-order valence-electron chi connectivity index (χ4n) is 3.74. The van der Waals surface area contributed by atoms with Crippen molar-refractivity contribution >= 4 is 11.8 Å². The number of ketones is 1. The van der Waals surface area contributed by atoms with E-state index in [-0.39, 0.29) is 23.6 Å². The first-order valence-electron chi connectivity index (χ1n) is 6.26. The van der Waals surface area contributed by atoms with Gasteiger partial charge in [-0.25, -0.2) is 0 Å². The van der Waals surface area contributed by atoms with Gasteiger partial charge in [-0.05, 0) is 24.2 Å². The molecule has 2 aliphatic carbocycles. The van der Waals surface area contributed by atoms with Gasteiger partial charge in [0.15, 0.2) is 5.78 Å². The Hall–Kier alpha value is -1.12. The van der Waals surface area contributed by atoms with Crippen LogP contribution in [0.5, 0.6) is 0 Å². The van der Waals surface area contributed by atoms with Crippen molar-refractivity contribution in [1.82, 2.24) is 0 Å². The van der Waals surface area contributed by atoms with E-state index in [2.05, 4.69) is 20.4 Å². The van der Waals surface area contributed by atoms with Gasteiger partial charge >= 0.3 is 5.97 Å². The van der Waals surface area contributed by atoms with E-state index < -0.39 is 5.41 Å². The molecule has 0 unspecified atom stereocenters. The number of carbonyl (C=O) groups is 2. The summed E-state index contributed by atoms with van der Waals surface area (Å²) in [5.74, 6) is 0.710. The first-order chi connectivity index (χ1) is 8.01. The molecule has 2 saturated carbocycles. The van der Waals surface area contributed by atoms with Crippen LogP contribution in [-0.4, -0.2) is 18.9 Å². The molecule has 0 spiro atoms. The van der Waals surface area contributed by atoms with Crippen molar-refractivity contribution in [3.05, 3.63) is 12.7 Å². The molecular formula is C14H20O3. The molecule has 0 heterocycles. The normalized spacial score (nSPS) is 39.8. The van der Waals surface area contributed by atoms with Crippen molar-refractivity contribution in [2.24, 2.45) is 29.1 Å². The predicted molar refractivity (Wildman–Crippen MR) is 64.2 cm³/mol. The molecule has 0 bridgehead atoms. The zero-order valence-corrected chi connectivity index (χ0v) is 10.7. The summed E-state index contributed by atoms with van der Waals surface area (Å²) < 4.78 is 4.86. The van der Waals surface area contributed by atoms with Crippen LogP contribution in [0.3, 0.4) is 0 Å². The average Bonchev–Trinajstić information content (AvgIpc) is 2.99. The van der Waals surface area contributed by atoms with Gasteiger partial charge in [-0.2, -0.15) is 0 Å². The average molecular weight is 236 g/mol. The number of rotatable bonds is 3. The van der Waals surface area contributed by atoms with E-state index >= 15 is 0 Å². The molecule has 0 aromatic rings. The van der Waals surface area contributed by atoms with E-state index in [1.165, 1.54) is 7.11 Å². The first-order valence-corrected chi connectivity index (χ1v) is 6.26. The topological polar surface area (TPSA) is 43.4 Å². The number of hydrogen-bond donors (Lipinski definition) is 0. The van der Waals surface area contributed by atoms with Gasteiger partial charge in [0.2, 0.25) is 0 Å². The van der Waals surface area contributed by atoms with Gasteiger partial charge in [-0.15, -0.1) is 6.58 Å². The molecule has 94 valence electrons. The molecule has 3 heteroatoms. The van der Waals surface area contributed by atoms with Crippen molar-refractivity contribution in [2.75, 3.05) is 7.11 Å². The van der Waals surface area contributed by atoms with Crippen molar-refractivity contribution in [3.63, 3.8) is 0 Å². The van der Waals surface area contributed by atoms with Crippen LogP contribution >= 0.6 is 0 Å². The molecule has 0 aliphatic heterocycles. The lowest BCUT2D eigenvalue weighted by Crippen LogP contribution is -2.36. The zero-order valence-electron chi connectivity index (χ0n) is 10.7. The Morgan fingerprint density at radius 1 is 1.59 bits per heavy atom. The van der Waals surface area contributed by atoms with Crippen LogP contribution in [0.15, 0.2) is 12.7 Å². The maximum atomic E-state index is 12.1. The number of hydrogen-bond acceptors (Lipinski definition) is 3. The molecule has 0 amide bonds. The van der Waals surface area contributed by atoms with Crippen LogP contribution in [0, 0.1) is 29.1 Å². The van der Waals surface area contributed by atoms with Gasteiger partial charge in [0.25, 0.3) is 0 Å².